The Balaban J connectivity index is 1.89. The summed E-state index contributed by atoms with van der Waals surface area (Å²) in [5, 5.41) is 4.13. The lowest BCUT2D eigenvalue weighted by Gasteiger charge is -2.22. The van der Waals surface area contributed by atoms with Crippen LogP contribution in [0.5, 0.6) is 0 Å². The zero-order chi connectivity index (χ0) is 13.9. The van der Waals surface area contributed by atoms with Crippen LogP contribution in [0.3, 0.4) is 0 Å². The molecule has 1 atom stereocenters. The van der Waals surface area contributed by atoms with E-state index in [2.05, 4.69) is 15.0 Å². The molecular formula is C12H21N3O2S2. The molecule has 108 valence electrons. The van der Waals surface area contributed by atoms with Gasteiger partial charge in [-0.1, -0.05) is 0 Å². The maximum Gasteiger partial charge on any atom is 0.251 e. The third-order valence-electron chi connectivity index (χ3n) is 3.35. The van der Waals surface area contributed by atoms with Crippen molar-refractivity contribution in [2.75, 3.05) is 19.6 Å². The van der Waals surface area contributed by atoms with E-state index in [1.165, 1.54) is 24.2 Å². The number of aromatic nitrogens is 1. The van der Waals surface area contributed by atoms with Gasteiger partial charge in [0, 0.05) is 6.54 Å². The zero-order valence-corrected chi connectivity index (χ0v) is 13.0. The summed E-state index contributed by atoms with van der Waals surface area (Å²) in [6.45, 7) is 6.15. The van der Waals surface area contributed by atoms with Crippen molar-refractivity contribution in [3.63, 3.8) is 0 Å². The first kappa shape index (κ1) is 14.9. The van der Waals surface area contributed by atoms with Gasteiger partial charge in [-0.3, -0.25) is 0 Å². The van der Waals surface area contributed by atoms with Gasteiger partial charge in [-0.2, -0.15) is 0 Å². The van der Waals surface area contributed by atoms with Gasteiger partial charge in [0.05, 0.1) is 10.7 Å². The molecule has 0 amide bonds. The average Bonchev–Trinajstić information content (AvgIpc) is 2.70. The van der Waals surface area contributed by atoms with Crippen molar-refractivity contribution in [2.24, 2.45) is 5.92 Å². The van der Waals surface area contributed by atoms with Crippen LogP contribution in [0.4, 0.5) is 0 Å². The van der Waals surface area contributed by atoms with Crippen molar-refractivity contribution in [1.29, 1.82) is 0 Å². The topological polar surface area (TPSA) is 71.1 Å². The average molecular weight is 303 g/mol. The molecule has 2 rings (SSSR count). The fraction of sp³-hybridized carbons (Fsp3) is 0.750. The highest BCUT2D eigenvalue weighted by molar-refractivity contribution is 7.91. The van der Waals surface area contributed by atoms with Crippen molar-refractivity contribution < 1.29 is 8.42 Å². The number of thiazole rings is 1. The molecule has 0 aromatic carbocycles. The number of sulfonamides is 1. The summed E-state index contributed by atoms with van der Waals surface area (Å²) >= 11 is 1.23. The molecule has 1 saturated heterocycles. The zero-order valence-electron chi connectivity index (χ0n) is 11.4. The molecular weight excluding hydrogens is 282 g/mol. The molecule has 0 spiro atoms. The predicted molar refractivity (Wildman–Crippen MR) is 77.0 cm³/mol. The van der Waals surface area contributed by atoms with Crippen molar-refractivity contribution in [2.45, 2.75) is 37.3 Å². The SMILES string of the molecule is Cc1nc(C)c(S(=O)(=O)NCCC2CCCNC2)s1. The number of nitrogens with one attached hydrogen (secondary N) is 2. The molecule has 7 heteroatoms. The van der Waals surface area contributed by atoms with Crippen LogP contribution in [0.2, 0.25) is 0 Å². The van der Waals surface area contributed by atoms with Gasteiger partial charge in [0.2, 0.25) is 0 Å². The van der Waals surface area contributed by atoms with Crippen LogP contribution in [-0.4, -0.2) is 33.0 Å². The number of nitrogens with zero attached hydrogens (tertiary/aromatic N) is 1. The molecule has 0 radical (unpaired) electrons. The number of aryl methyl sites for hydroxylation is 2. The van der Waals surface area contributed by atoms with E-state index in [9.17, 15) is 8.42 Å². The minimum atomic E-state index is -3.39. The minimum Gasteiger partial charge on any atom is -0.316 e. The molecule has 1 fully saturated rings. The largest absolute Gasteiger partial charge is 0.316 e. The van der Waals surface area contributed by atoms with Gasteiger partial charge in [0.15, 0.2) is 4.21 Å². The highest BCUT2D eigenvalue weighted by Crippen LogP contribution is 2.22. The van der Waals surface area contributed by atoms with Crippen LogP contribution in [0.15, 0.2) is 4.21 Å². The third kappa shape index (κ3) is 3.98. The first-order valence-electron chi connectivity index (χ1n) is 6.63. The Morgan fingerprint density at radius 3 is 2.84 bits per heavy atom. The summed E-state index contributed by atoms with van der Waals surface area (Å²) in [7, 11) is -3.39. The lowest BCUT2D eigenvalue weighted by Crippen LogP contribution is -2.33. The Hall–Kier alpha value is -0.500. The van der Waals surface area contributed by atoms with E-state index >= 15 is 0 Å². The first-order valence-corrected chi connectivity index (χ1v) is 8.93. The van der Waals surface area contributed by atoms with Crippen molar-refractivity contribution in [1.82, 2.24) is 15.0 Å². The summed E-state index contributed by atoms with van der Waals surface area (Å²) in [5.41, 5.74) is 0.592. The van der Waals surface area contributed by atoms with Gasteiger partial charge in [0.1, 0.15) is 0 Å². The monoisotopic (exact) mass is 303 g/mol. The molecule has 1 aliphatic rings. The van der Waals surface area contributed by atoms with Gasteiger partial charge in [0.25, 0.3) is 10.0 Å². The Labute approximate surface area is 118 Å². The maximum absolute atomic E-state index is 12.2. The maximum atomic E-state index is 12.2. The van der Waals surface area contributed by atoms with Crippen LogP contribution >= 0.6 is 11.3 Å². The van der Waals surface area contributed by atoms with Crippen molar-refractivity contribution >= 4 is 21.4 Å². The smallest absolute Gasteiger partial charge is 0.251 e. The Morgan fingerprint density at radius 2 is 2.26 bits per heavy atom. The molecule has 1 aliphatic heterocycles. The highest BCUT2D eigenvalue weighted by atomic mass is 32.2. The quantitative estimate of drug-likeness (QED) is 0.863. The molecule has 5 nitrogen and oxygen atoms in total. The third-order valence-corrected chi connectivity index (χ3v) is 6.49. The summed E-state index contributed by atoms with van der Waals surface area (Å²) in [6, 6.07) is 0. The molecule has 19 heavy (non-hydrogen) atoms. The number of hydrogen-bond donors (Lipinski definition) is 2. The summed E-state index contributed by atoms with van der Waals surface area (Å²) in [6.07, 6.45) is 3.26. The normalized spacial score (nSPS) is 20.6. The van der Waals surface area contributed by atoms with Crippen LogP contribution in [0.25, 0.3) is 0 Å². The number of hydrogen-bond acceptors (Lipinski definition) is 5. The predicted octanol–water partition coefficient (Wildman–Crippen LogP) is 1.43. The molecule has 0 bridgehead atoms. The molecule has 0 saturated carbocycles. The minimum absolute atomic E-state index is 0.353. The van der Waals surface area contributed by atoms with Gasteiger partial charge in [-0.15, -0.1) is 11.3 Å². The molecule has 0 aliphatic carbocycles. The second-order valence-electron chi connectivity index (χ2n) is 5.00. The van der Waals surface area contributed by atoms with E-state index in [0.29, 0.717) is 22.4 Å². The van der Waals surface area contributed by atoms with E-state index in [0.717, 1.165) is 24.5 Å². The van der Waals surface area contributed by atoms with Gasteiger partial charge >= 0.3 is 0 Å². The van der Waals surface area contributed by atoms with E-state index in [4.69, 9.17) is 0 Å². The molecule has 2 heterocycles. The van der Waals surface area contributed by atoms with E-state index in [1.54, 1.807) is 6.92 Å². The standard InChI is InChI=1S/C12H21N3O2S2/c1-9-12(18-10(2)15-9)19(16,17)14-7-5-11-4-3-6-13-8-11/h11,13-14H,3-8H2,1-2H3. The van der Waals surface area contributed by atoms with Crippen LogP contribution in [0, 0.1) is 19.8 Å². The van der Waals surface area contributed by atoms with Crippen molar-refractivity contribution in [3.05, 3.63) is 10.7 Å². The van der Waals surface area contributed by atoms with Gasteiger partial charge < -0.3 is 5.32 Å². The van der Waals surface area contributed by atoms with Crippen LogP contribution < -0.4 is 10.0 Å². The van der Waals surface area contributed by atoms with Crippen LogP contribution in [-0.2, 0) is 10.0 Å². The van der Waals surface area contributed by atoms with E-state index < -0.39 is 10.0 Å². The molecule has 1 unspecified atom stereocenters. The second-order valence-corrected chi connectivity index (χ2v) is 8.17. The Bertz CT molecular complexity index is 519. The van der Waals surface area contributed by atoms with Gasteiger partial charge in [-0.05, 0) is 52.1 Å². The fourth-order valence-corrected chi connectivity index (χ4v) is 4.97. The lowest BCUT2D eigenvalue weighted by atomic mass is 9.96. The molecule has 2 N–H and O–H groups in total. The summed E-state index contributed by atoms with van der Waals surface area (Å²) in [4.78, 5) is 4.16. The highest BCUT2D eigenvalue weighted by Gasteiger charge is 2.21. The number of piperidine rings is 1. The van der Waals surface area contributed by atoms with Gasteiger partial charge in [-0.25, -0.2) is 18.1 Å². The second kappa shape index (κ2) is 6.30. The first-order chi connectivity index (χ1) is 8.99. The Morgan fingerprint density at radius 1 is 1.47 bits per heavy atom. The van der Waals surface area contributed by atoms with E-state index in [-0.39, 0.29) is 0 Å². The van der Waals surface area contributed by atoms with Crippen molar-refractivity contribution in [3.8, 4) is 0 Å². The van der Waals surface area contributed by atoms with E-state index in [1.807, 2.05) is 6.92 Å². The van der Waals surface area contributed by atoms with Crippen LogP contribution in [0.1, 0.15) is 30.0 Å². The molecule has 1 aromatic heterocycles. The summed E-state index contributed by atoms with van der Waals surface area (Å²) in [5.74, 6) is 0.584. The fourth-order valence-electron chi connectivity index (χ4n) is 2.40. The summed E-state index contributed by atoms with van der Waals surface area (Å²) < 4.78 is 27.3. The molecule has 1 aromatic rings. The lowest BCUT2D eigenvalue weighted by molar-refractivity contribution is 0.358. The Kier molecular flexibility index (Phi) is 4.94. The number of rotatable bonds is 5.